The van der Waals surface area contributed by atoms with E-state index >= 15 is 0 Å². The Morgan fingerprint density at radius 2 is 2.70 bits per heavy atom. The Morgan fingerprint density at radius 1 is 1.90 bits per heavy atom. The van der Waals surface area contributed by atoms with E-state index < -0.39 is 0 Å². The Balaban J connectivity index is 2.35. The standard InChI is InChI=1S/C5H8N4O/c1-4(10)6-2-5-3-7-9-8-5/h3H,2H2,1H3,(H,6,10)(H,7,8,9). The molecule has 1 heterocycles. The van der Waals surface area contributed by atoms with Gasteiger partial charge >= 0.3 is 0 Å². The lowest BCUT2D eigenvalue weighted by molar-refractivity contribution is -0.119. The molecule has 0 saturated carbocycles. The van der Waals surface area contributed by atoms with E-state index in [-0.39, 0.29) is 5.91 Å². The maximum atomic E-state index is 10.4. The predicted octanol–water partition coefficient (Wildman–Crippen LogP) is -0.559. The monoisotopic (exact) mass is 140 g/mol. The van der Waals surface area contributed by atoms with Gasteiger partial charge in [0.15, 0.2) is 0 Å². The van der Waals surface area contributed by atoms with Gasteiger partial charge < -0.3 is 5.32 Å². The zero-order valence-corrected chi connectivity index (χ0v) is 5.59. The van der Waals surface area contributed by atoms with Gasteiger partial charge in [-0.2, -0.15) is 15.4 Å². The van der Waals surface area contributed by atoms with Crippen molar-refractivity contribution in [3.05, 3.63) is 11.9 Å². The number of carbonyl (C=O) groups is 1. The Labute approximate surface area is 57.8 Å². The van der Waals surface area contributed by atoms with Gasteiger partial charge in [0.05, 0.1) is 12.7 Å². The molecule has 0 fully saturated rings. The van der Waals surface area contributed by atoms with Gasteiger partial charge in [-0.05, 0) is 0 Å². The summed E-state index contributed by atoms with van der Waals surface area (Å²) in [6.45, 7) is 1.89. The summed E-state index contributed by atoms with van der Waals surface area (Å²) in [6, 6.07) is 0. The minimum Gasteiger partial charge on any atom is -0.351 e. The van der Waals surface area contributed by atoms with Crippen molar-refractivity contribution in [2.45, 2.75) is 13.5 Å². The molecule has 0 saturated heterocycles. The van der Waals surface area contributed by atoms with Crippen molar-refractivity contribution in [1.82, 2.24) is 20.7 Å². The number of hydrogen-bond acceptors (Lipinski definition) is 3. The fraction of sp³-hybridized carbons (Fsp3) is 0.400. The van der Waals surface area contributed by atoms with Gasteiger partial charge in [0.25, 0.3) is 0 Å². The lowest BCUT2D eigenvalue weighted by Gasteiger charge is -1.94. The molecule has 1 aromatic rings. The highest BCUT2D eigenvalue weighted by Crippen LogP contribution is 1.85. The molecule has 5 heteroatoms. The third-order valence-corrected chi connectivity index (χ3v) is 0.983. The second-order valence-corrected chi connectivity index (χ2v) is 1.87. The van der Waals surface area contributed by atoms with Gasteiger partial charge in [-0.1, -0.05) is 0 Å². The van der Waals surface area contributed by atoms with E-state index in [4.69, 9.17) is 0 Å². The summed E-state index contributed by atoms with van der Waals surface area (Å²) in [4.78, 5) is 10.4. The third kappa shape index (κ3) is 1.85. The van der Waals surface area contributed by atoms with Crippen molar-refractivity contribution in [1.29, 1.82) is 0 Å². The van der Waals surface area contributed by atoms with Crippen LogP contribution in [0.1, 0.15) is 12.6 Å². The van der Waals surface area contributed by atoms with Crippen LogP contribution in [0.25, 0.3) is 0 Å². The second-order valence-electron chi connectivity index (χ2n) is 1.87. The highest BCUT2D eigenvalue weighted by Gasteiger charge is 1.94. The summed E-state index contributed by atoms with van der Waals surface area (Å²) in [5.41, 5.74) is 0.732. The molecule has 0 aliphatic rings. The number of amides is 1. The molecule has 0 spiro atoms. The molecule has 10 heavy (non-hydrogen) atoms. The van der Waals surface area contributed by atoms with Crippen LogP contribution in [-0.2, 0) is 11.3 Å². The van der Waals surface area contributed by atoms with Crippen LogP contribution in [0.4, 0.5) is 0 Å². The average molecular weight is 140 g/mol. The molecule has 1 rings (SSSR count). The first-order valence-corrected chi connectivity index (χ1v) is 2.88. The molecular formula is C5H8N4O. The highest BCUT2D eigenvalue weighted by atomic mass is 16.1. The molecule has 5 nitrogen and oxygen atoms in total. The van der Waals surface area contributed by atoms with Crippen molar-refractivity contribution in [2.75, 3.05) is 0 Å². The van der Waals surface area contributed by atoms with Gasteiger partial charge in [0.1, 0.15) is 5.69 Å². The smallest absolute Gasteiger partial charge is 0.217 e. The number of carbonyl (C=O) groups excluding carboxylic acids is 1. The van der Waals surface area contributed by atoms with Gasteiger partial charge in [-0.3, -0.25) is 4.79 Å². The Kier molecular flexibility index (Phi) is 1.99. The average Bonchev–Trinajstić information content (AvgIpc) is 2.34. The topological polar surface area (TPSA) is 70.7 Å². The number of aromatic nitrogens is 3. The Morgan fingerprint density at radius 3 is 3.20 bits per heavy atom. The van der Waals surface area contributed by atoms with Crippen LogP contribution in [0, 0.1) is 0 Å². The van der Waals surface area contributed by atoms with Crippen LogP contribution >= 0.6 is 0 Å². The van der Waals surface area contributed by atoms with Crippen LogP contribution in [-0.4, -0.2) is 21.3 Å². The number of nitrogens with one attached hydrogen (secondary N) is 2. The van der Waals surface area contributed by atoms with E-state index in [0.29, 0.717) is 6.54 Å². The molecule has 2 N–H and O–H groups in total. The second kappa shape index (κ2) is 2.95. The van der Waals surface area contributed by atoms with E-state index in [9.17, 15) is 4.79 Å². The number of H-pyrrole nitrogens is 1. The van der Waals surface area contributed by atoms with Gasteiger partial charge in [-0.15, -0.1) is 0 Å². The third-order valence-electron chi connectivity index (χ3n) is 0.983. The van der Waals surface area contributed by atoms with Crippen molar-refractivity contribution in [2.24, 2.45) is 0 Å². The minimum absolute atomic E-state index is 0.0667. The van der Waals surface area contributed by atoms with Gasteiger partial charge in [0, 0.05) is 6.92 Å². The maximum Gasteiger partial charge on any atom is 0.217 e. The number of hydrogen-bond donors (Lipinski definition) is 2. The summed E-state index contributed by atoms with van der Waals surface area (Å²) >= 11 is 0. The minimum atomic E-state index is -0.0667. The lowest BCUT2D eigenvalue weighted by atomic mass is 10.5. The number of rotatable bonds is 2. The van der Waals surface area contributed by atoms with Crippen molar-refractivity contribution in [3.8, 4) is 0 Å². The molecule has 1 amide bonds. The number of nitrogens with zero attached hydrogens (tertiary/aromatic N) is 2. The van der Waals surface area contributed by atoms with E-state index in [1.807, 2.05) is 0 Å². The molecular weight excluding hydrogens is 132 g/mol. The van der Waals surface area contributed by atoms with Crippen LogP contribution in [0.3, 0.4) is 0 Å². The highest BCUT2D eigenvalue weighted by molar-refractivity contribution is 5.72. The fourth-order valence-corrected chi connectivity index (χ4v) is 0.526. The van der Waals surface area contributed by atoms with Gasteiger partial charge in [-0.25, -0.2) is 0 Å². The molecule has 0 bridgehead atoms. The summed E-state index contributed by atoms with van der Waals surface area (Å²) in [7, 11) is 0. The van der Waals surface area contributed by atoms with Crippen LogP contribution < -0.4 is 5.32 Å². The van der Waals surface area contributed by atoms with Crippen LogP contribution in [0.2, 0.25) is 0 Å². The molecule has 0 unspecified atom stereocenters. The first-order chi connectivity index (χ1) is 4.79. The lowest BCUT2D eigenvalue weighted by Crippen LogP contribution is -2.18. The molecule has 0 aliphatic carbocycles. The largest absolute Gasteiger partial charge is 0.351 e. The van der Waals surface area contributed by atoms with E-state index in [2.05, 4.69) is 20.7 Å². The summed E-state index contributed by atoms with van der Waals surface area (Å²) in [6.07, 6.45) is 1.57. The quantitative estimate of drug-likeness (QED) is 0.578. The first-order valence-electron chi connectivity index (χ1n) is 2.88. The van der Waals surface area contributed by atoms with Crippen molar-refractivity contribution < 1.29 is 4.79 Å². The summed E-state index contributed by atoms with van der Waals surface area (Å²) in [5.74, 6) is -0.0667. The Bertz CT molecular complexity index is 205. The molecule has 1 aromatic heterocycles. The van der Waals surface area contributed by atoms with E-state index in [1.165, 1.54) is 6.92 Å². The van der Waals surface area contributed by atoms with Crippen molar-refractivity contribution in [3.63, 3.8) is 0 Å². The number of aromatic amines is 1. The molecule has 0 atom stereocenters. The zero-order valence-electron chi connectivity index (χ0n) is 5.59. The first kappa shape index (κ1) is 6.73. The van der Waals surface area contributed by atoms with Crippen LogP contribution in [0.15, 0.2) is 6.20 Å². The molecule has 54 valence electrons. The fourth-order valence-electron chi connectivity index (χ4n) is 0.526. The molecule has 0 radical (unpaired) electrons. The maximum absolute atomic E-state index is 10.4. The summed E-state index contributed by atoms with van der Waals surface area (Å²) in [5, 5.41) is 12.3. The van der Waals surface area contributed by atoms with E-state index in [1.54, 1.807) is 6.20 Å². The predicted molar refractivity (Wildman–Crippen MR) is 33.9 cm³/mol. The SMILES string of the molecule is CC(=O)NCc1cn[nH]n1. The Hall–Kier alpha value is -1.39. The normalized spacial score (nSPS) is 9.30. The molecule has 0 aromatic carbocycles. The van der Waals surface area contributed by atoms with Gasteiger partial charge in [0.2, 0.25) is 5.91 Å². The van der Waals surface area contributed by atoms with Crippen LogP contribution in [0.5, 0.6) is 0 Å². The molecule has 0 aliphatic heterocycles. The van der Waals surface area contributed by atoms with Crippen molar-refractivity contribution >= 4 is 5.91 Å². The van der Waals surface area contributed by atoms with E-state index in [0.717, 1.165) is 5.69 Å². The summed E-state index contributed by atoms with van der Waals surface area (Å²) < 4.78 is 0. The zero-order chi connectivity index (χ0) is 7.40.